The van der Waals surface area contributed by atoms with Crippen molar-refractivity contribution < 1.29 is 9.18 Å². The van der Waals surface area contributed by atoms with Gasteiger partial charge in [0.25, 0.3) is 0 Å². The molecule has 0 aliphatic heterocycles. The Morgan fingerprint density at radius 3 is 2.41 bits per heavy atom. The highest BCUT2D eigenvalue weighted by atomic mass is 19.1. The highest BCUT2D eigenvalue weighted by Gasteiger charge is 2.14. The summed E-state index contributed by atoms with van der Waals surface area (Å²) in [6.07, 6.45) is 0. The van der Waals surface area contributed by atoms with Gasteiger partial charge in [0.05, 0.1) is 11.0 Å². The molecular weight excluding hydrogens is 341 g/mol. The smallest absolute Gasteiger partial charge is 0.240 e. The van der Waals surface area contributed by atoms with Crippen LogP contribution in [0.5, 0.6) is 0 Å². The number of para-hydroxylation sites is 2. The van der Waals surface area contributed by atoms with Gasteiger partial charge in [0, 0.05) is 12.1 Å². The van der Waals surface area contributed by atoms with Gasteiger partial charge in [-0.2, -0.15) is 0 Å². The standard InChI is InChI=1S/C22H18FN3O/c23-18-12-10-16(11-13-18)14-24-21(27)15-26-20-9-5-4-8-19(20)25-22(26)17-6-2-1-3-7-17/h1-13H,14-15H2,(H,24,27). The molecule has 0 unspecified atom stereocenters. The summed E-state index contributed by atoms with van der Waals surface area (Å²) in [5.74, 6) is 0.343. The van der Waals surface area contributed by atoms with Crippen molar-refractivity contribution in [3.8, 4) is 11.4 Å². The molecule has 1 N–H and O–H groups in total. The largest absolute Gasteiger partial charge is 0.350 e. The number of imidazole rings is 1. The minimum atomic E-state index is -0.289. The number of halogens is 1. The van der Waals surface area contributed by atoms with Crippen LogP contribution in [0, 0.1) is 5.82 Å². The van der Waals surface area contributed by atoms with Crippen LogP contribution < -0.4 is 5.32 Å². The number of carbonyl (C=O) groups is 1. The summed E-state index contributed by atoms with van der Waals surface area (Å²) in [7, 11) is 0. The molecule has 1 heterocycles. The van der Waals surface area contributed by atoms with Crippen LogP contribution in [0.3, 0.4) is 0 Å². The SMILES string of the molecule is O=C(Cn1c(-c2ccccc2)nc2ccccc21)NCc1ccc(F)cc1. The van der Waals surface area contributed by atoms with Gasteiger partial charge in [-0.3, -0.25) is 4.79 Å². The molecule has 0 fully saturated rings. The lowest BCUT2D eigenvalue weighted by Crippen LogP contribution is -2.27. The maximum Gasteiger partial charge on any atom is 0.240 e. The van der Waals surface area contributed by atoms with Crippen LogP contribution in [-0.2, 0) is 17.9 Å². The zero-order valence-corrected chi connectivity index (χ0v) is 14.6. The number of aromatic nitrogens is 2. The Labute approximate surface area is 156 Å². The minimum Gasteiger partial charge on any atom is -0.350 e. The van der Waals surface area contributed by atoms with Crippen molar-refractivity contribution in [2.24, 2.45) is 0 Å². The van der Waals surface area contributed by atoms with Gasteiger partial charge >= 0.3 is 0 Å². The molecule has 5 heteroatoms. The number of hydrogen-bond donors (Lipinski definition) is 1. The maximum atomic E-state index is 13.0. The zero-order chi connectivity index (χ0) is 18.6. The zero-order valence-electron chi connectivity index (χ0n) is 14.6. The normalized spacial score (nSPS) is 10.9. The number of fused-ring (bicyclic) bond motifs is 1. The van der Waals surface area contributed by atoms with Crippen molar-refractivity contribution in [1.82, 2.24) is 14.9 Å². The van der Waals surface area contributed by atoms with Crippen molar-refractivity contribution in [1.29, 1.82) is 0 Å². The van der Waals surface area contributed by atoms with Crippen molar-refractivity contribution in [3.05, 3.63) is 90.2 Å². The first kappa shape index (κ1) is 17.0. The predicted molar refractivity (Wildman–Crippen MR) is 103 cm³/mol. The third-order valence-corrected chi connectivity index (χ3v) is 4.39. The number of rotatable bonds is 5. The van der Waals surface area contributed by atoms with Crippen LogP contribution in [0.1, 0.15) is 5.56 Å². The monoisotopic (exact) mass is 359 g/mol. The first-order chi connectivity index (χ1) is 13.2. The quantitative estimate of drug-likeness (QED) is 0.582. The summed E-state index contributed by atoms with van der Waals surface area (Å²) in [6.45, 7) is 0.512. The average molecular weight is 359 g/mol. The number of carbonyl (C=O) groups excluding carboxylic acids is 1. The van der Waals surface area contributed by atoms with Gasteiger partial charge in [-0.05, 0) is 29.8 Å². The first-order valence-electron chi connectivity index (χ1n) is 8.72. The Kier molecular flexibility index (Phi) is 4.66. The molecule has 0 aliphatic rings. The van der Waals surface area contributed by atoms with Crippen molar-refractivity contribution >= 4 is 16.9 Å². The van der Waals surface area contributed by atoms with E-state index in [0.29, 0.717) is 6.54 Å². The molecular formula is C22H18FN3O. The molecule has 134 valence electrons. The van der Waals surface area contributed by atoms with Gasteiger partial charge in [-0.15, -0.1) is 0 Å². The molecule has 0 saturated carbocycles. The minimum absolute atomic E-state index is 0.125. The second-order valence-corrected chi connectivity index (χ2v) is 6.28. The van der Waals surface area contributed by atoms with Crippen LogP contribution in [0.15, 0.2) is 78.9 Å². The van der Waals surface area contributed by atoms with Crippen LogP contribution >= 0.6 is 0 Å². The molecule has 0 spiro atoms. The number of hydrogen-bond acceptors (Lipinski definition) is 2. The fourth-order valence-corrected chi connectivity index (χ4v) is 3.05. The Balaban J connectivity index is 1.59. The van der Waals surface area contributed by atoms with E-state index in [2.05, 4.69) is 5.32 Å². The Hall–Kier alpha value is -3.47. The third kappa shape index (κ3) is 3.72. The number of nitrogens with one attached hydrogen (secondary N) is 1. The summed E-state index contributed by atoms with van der Waals surface area (Å²) in [5, 5.41) is 2.89. The van der Waals surface area contributed by atoms with E-state index in [9.17, 15) is 9.18 Å². The number of benzene rings is 3. The summed E-state index contributed by atoms with van der Waals surface area (Å²) in [6, 6.07) is 23.7. The molecule has 1 amide bonds. The van der Waals surface area contributed by atoms with E-state index < -0.39 is 0 Å². The van der Waals surface area contributed by atoms with Gasteiger partial charge in [0.2, 0.25) is 5.91 Å². The van der Waals surface area contributed by atoms with Crippen molar-refractivity contribution in [2.75, 3.05) is 0 Å². The molecule has 4 rings (SSSR count). The Morgan fingerprint density at radius 2 is 1.63 bits per heavy atom. The Bertz CT molecular complexity index is 1070. The molecule has 27 heavy (non-hydrogen) atoms. The lowest BCUT2D eigenvalue weighted by molar-refractivity contribution is -0.121. The molecule has 4 aromatic rings. The molecule has 0 atom stereocenters. The lowest BCUT2D eigenvalue weighted by Gasteiger charge is -2.10. The third-order valence-electron chi connectivity index (χ3n) is 4.39. The molecule has 4 nitrogen and oxygen atoms in total. The summed E-state index contributed by atoms with van der Waals surface area (Å²) >= 11 is 0. The molecule has 3 aromatic carbocycles. The van der Waals surface area contributed by atoms with Crippen LogP contribution in [0.4, 0.5) is 4.39 Å². The van der Waals surface area contributed by atoms with Crippen LogP contribution in [0.25, 0.3) is 22.4 Å². The van der Waals surface area contributed by atoms with E-state index in [1.54, 1.807) is 12.1 Å². The summed E-state index contributed by atoms with van der Waals surface area (Å²) in [4.78, 5) is 17.2. The van der Waals surface area contributed by atoms with Gasteiger partial charge in [0.15, 0.2) is 0 Å². The van der Waals surface area contributed by atoms with E-state index >= 15 is 0 Å². The van der Waals surface area contributed by atoms with E-state index in [-0.39, 0.29) is 18.3 Å². The summed E-state index contributed by atoms with van der Waals surface area (Å²) in [5.41, 5.74) is 3.57. The van der Waals surface area contributed by atoms with Crippen molar-refractivity contribution in [2.45, 2.75) is 13.1 Å². The van der Waals surface area contributed by atoms with E-state index in [1.807, 2.05) is 59.2 Å². The topological polar surface area (TPSA) is 46.9 Å². The first-order valence-corrected chi connectivity index (χ1v) is 8.72. The predicted octanol–water partition coefficient (Wildman–Crippen LogP) is 4.16. The lowest BCUT2D eigenvalue weighted by atomic mass is 10.2. The van der Waals surface area contributed by atoms with Crippen molar-refractivity contribution in [3.63, 3.8) is 0 Å². The second-order valence-electron chi connectivity index (χ2n) is 6.28. The van der Waals surface area contributed by atoms with Gasteiger partial charge in [-0.1, -0.05) is 54.6 Å². The Morgan fingerprint density at radius 1 is 0.926 bits per heavy atom. The maximum absolute atomic E-state index is 13.0. The van der Waals surface area contributed by atoms with E-state index in [4.69, 9.17) is 4.98 Å². The molecule has 0 radical (unpaired) electrons. The molecule has 1 aromatic heterocycles. The van der Waals surface area contributed by atoms with Gasteiger partial charge < -0.3 is 9.88 Å². The van der Waals surface area contributed by atoms with Crippen LogP contribution in [0.2, 0.25) is 0 Å². The fraction of sp³-hybridized carbons (Fsp3) is 0.0909. The number of amides is 1. The molecule has 0 saturated heterocycles. The number of nitrogens with zero attached hydrogens (tertiary/aromatic N) is 2. The highest BCUT2D eigenvalue weighted by Crippen LogP contribution is 2.24. The van der Waals surface area contributed by atoms with Crippen LogP contribution in [-0.4, -0.2) is 15.5 Å². The highest BCUT2D eigenvalue weighted by molar-refractivity contribution is 5.84. The summed E-state index contributed by atoms with van der Waals surface area (Å²) < 4.78 is 14.9. The molecule has 0 bridgehead atoms. The molecule has 0 aliphatic carbocycles. The van der Waals surface area contributed by atoms with E-state index in [1.165, 1.54) is 12.1 Å². The van der Waals surface area contributed by atoms with Gasteiger partial charge in [-0.25, -0.2) is 9.37 Å². The average Bonchev–Trinajstić information content (AvgIpc) is 3.07. The van der Waals surface area contributed by atoms with E-state index in [0.717, 1.165) is 28.0 Å². The second kappa shape index (κ2) is 7.41. The van der Waals surface area contributed by atoms with Gasteiger partial charge in [0.1, 0.15) is 18.2 Å². The fourth-order valence-electron chi connectivity index (χ4n) is 3.05.